The van der Waals surface area contributed by atoms with Crippen LogP contribution in [0.1, 0.15) is 12.5 Å². The normalized spacial score (nSPS) is 9.67. The van der Waals surface area contributed by atoms with Gasteiger partial charge in [0, 0.05) is 11.4 Å². The Bertz CT molecular complexity index is 536. The minimum absolute atomic E-state index is 0.338. The number of urea groups is 2. The number of hydrogen-bond donors (Lipinski definition) is 3. The number of nitrogens with one attached hydrogen (secondary N) is 3. The summed E-state index contributed by atoms with van der Waals surface area (Å²) in [5.41, 5.74) is 0.995. The Kier molecular flexibility index (Phi) is 6.54. The molecule has 114 valence electrons. The molecule has 0 atom stereocenters. The number of aryl methyl sites for hydroxylation is 1. The predicted molar refractivity (Wildman–Crippen MR) is 81.2 cm³/mol. The predicted octanol–water partition coefficient (Wildman–Crippen LogP) is 2.32. The Morgan fingerprint density at radius 1 is 1.33 bits per heavy atom. The third-order valence-corrected chi connectivity index (χ3v) is 3.43. The number of amides is 4. The molecular weight excluding hydrogens is 292 g/mol. The van der Waals surface area contributed by atoms with Crippen LogP contribution in [-0.4, -0.2) is 36.6 Å². The summed E-state index contributed by atoms with van der Waals surface area (Å²) in [6.45, 7) is 3.96. The second-order valence-corrected chi connectivity index (χ2v) is 4.80. The van der Waals surface area contributed by atoms with Gasteiger partial charge in [-0.2, -0.15) is 4.90 Å². The second-order valence-electron chi connectivity index (χ2n) is 3.95. The lowest BCUT2D eigenvalue weighted by atomic mass is 10.2. The Labute approximate surface area is 127 Å². The molecule has 0 aromatic heterocycles. The van der Waals surface area contributed by atoms with Crippen molar-refractivity contribution in [3.63, 3.8) is 0 Å². The lowest BCUT2D eigenvalue weighted by Crippen LogP contribution is -2.50. The quantitative estimate of drug-likeness (QED) is 0.453. The van der Waals surface area contributed by atoms with E-state index >= 15 is 0 Å². The van der Waals surface area contributed by atoms with Crippen LogP contribution in [0.3, 0.4) is 0 Å². The number of ether oxygens (including phenoxy) is 1. The Balaban J connectivity index is 2.75. The number of amidine groups is 1. The van der Waals surface area contributed by atoms with Crippen molar-refractivity contribution >= 4 is 30.0 Å². The number of carbonyl (C=O) groups excluding carboxylic acids is 2. The standard InChI is InChI=1S/C13H18N4O3S/c1-4-15-12(18)17(11(14)20-3)13(19)16-21-10-8-6-5-7-9(10)2/h5-8,14H,4H2,1-3H3,(H,15,18)(H,16,19). The maximum atomic E-state index is 12.1. The van der Waals surface area contributed by atoms with E-state index in [0.717, 1.165) is 22.4 Å². The molecule has 0 saturated carbocycles. The average Bonchev–Trinajstić information content (AvgIpc) is 2.46. The van der Waals surface area contributed by atoms with Gasteiger partial charge >= 0.3 is 18.1 Å². The summed E-state index contributed by atoms with van der Waals surface area (Å²) in [5, 5.41) is 9.98. The van der Waals surface area contributed by atoms with Crippen LogP contribution in [0.5, 0.6) is 0 Å². The van der Waals surface area contributed by atoms with Gasteiger partial charge < -0.3 is 10.1 Å². The third kappa shape index (κ3) is 4.67. The van der Waals surface area contributed by atoms with Crippen molar-refractivity contribution in [3.05, 3.63) is 29.8 Å². The van der Waals surface area contributed by atoms with Crippen LogP contribution in [0.25, 0.3) is 0 Å². The molecule has 4 amide bonds. The number of nitrogens with zero attached hydrogens (tertiary/aromatic N) is 1. The molecule has 0 unspecified atom stereocenters. The van der Waals surface area contributed by atoms with Gasteiger partial charge in [0.25, 0.3) is 0 Å². The Hall–Kier alpha value is -2.22. The highest BCUT2D eigenvalue weighted by Crippen LogP contribution is 2.19. The lowest BCUT2D eigenvalue weighted by molar-refractivity contribution is 0.198. The smallest absolute Gasteiger partial charge is 0.344 e. The minimum Gasteiger partial charge on any atom is -0.468 e. The molecule has 1 aromatic rings. The molecule has 21 heavy (non-hydrogen) atoms. The summed E-state index contributed by atoms with van der Waals surface area (Å²) in [7, 11) is 1.22. The molecule has 0 bridgehead atoms. The number of rotatable bonds is 3. The zero-order valence-corrected chi connectivity index (χ0v) is 12.9. The van der Waals surface area contributed by atoms with Crippen molar-refractivity contribution < 1.29 is 14.3 Å². The highest BCUT2D eigenvalue weighted by molar-refractivity contribution is 7.98. The molecule has 0 saturated heterocycles. The van der Waals surface area contributed by atoms with Gasteiger partial charge in [0.1, 0.15) is 0 Å². The van der Waals surface area contributed by atoms with Crippen LogP contribution in [-0.2, 0) is 4.74 Å². The molecule has 0 heterocycles. The van der Waals surface area contributed by atoms with E-state index in [1.54, 1.807) is 6.92 Å². The first-order valence-electron chi connectivity index (χ1n) is 6.24. The van der Waals surface area contributed by atoms with E-state index in [0.29, 0.717) is 11.4 Å². The van der Waals surface area contributed by atoms with Crippen molar-refractivity contribution in [2.24, 2.45) is 0 Å². The van der Waals surface area contributed by atoms with Crippen LogP contribution >= 0.6 is 11.9 Å². The topological polar surface area (TPSA) is 94.5 Å². The molecule has 0 aliphatic heterocycles. The van der Waals surface area contributed by atoms with Crippen LogP contribution in [0, 0.1) is 12.3 Å². The minimum atomic E-state index is -0.749. The molecule has 7 nitrogen and oxygen atoms in total. The van der Waals surface area contributed by atoms with E-state index in [-0.39, 0.29) is 0 Å². The zero-order chi connectivity index (χ0) is 15.8. The summed E-state index contributed by atoms with van der Waals surface area (Å²) in [6.07, 6.45) is 0. The van der Waals surface area contributed by atoms with Gasteiger partial charge in [0.15, 0.2) is 0 Å². The number of hydrogen-bond acceptors (Lipinski definition) is 5. The van der Waals surface area contributed by atoms with Crippen molar-refractivity contribution in [2.75, 3.05) is 13.7 Å². The molecule has 1 aromatic carbocycles. The Morgan fingerprint density at radius 2 is 2.00 bits per heavy atom. The summed E-state index contributed by atoms with van der Waals surface area (Å²) >= 11 is 1.07. The largest absolute Gasteiger partial charge is 0.468 e. The van der Waals surface area contributed by atoms with Crippen LogP contribution < -0.4 is 10.0 Å². The fraction of sp³-hybridized carbons (Fsp3) is 0.308. The summed E-state index contributed by atoms with van der Waals surface area (Å²) in [6, 6.07) is 5.48. The number of methoxy groups -OCH3 is 1. The van der Waals surface area contributed by atoms with Crippen LogP contribution in [0.15, 0.2) is 29.2 Å². The van der Waals surface area contributed by atoms with E-state index in [4.69, 9.17) is 5.41 Å². The van der Waals surface area contributed by atoms with Gasteiger partial charge in [-0.25, -0.2) is 9.59 Å². The maximum Gasteiger partial charge on any atom is 0.344 e. The molecule has 0 aliphatic rings. The highest BCUT2D eigenvalue weighted by Gasteiger charge is 2.26. The van der Waals surface area contributed by atoms with Gasteiger partial charge in [-0.1, -0.05) is 18.2 Å². The molecule has 0 aliphatic carbocycles. The average molecular weight is 310 g/mol. The van der Waals surface area contributed by atoms with E-state index < -0.39 is 18.1 Å². The third-order valence-electron chi connectivity index (χ3n) is 2.47. The van der Waals surface area contributed by atoms with Gasteiger partial charge in [-0.05, 0) is 37.4 Å². The first-order valence-corrected chi connectivity index (χ1v) is 7.05. The van der Waals surface area contributed by atoms with Crippen molar-refractivity contribution in [1.29, 1.82) is 5.41 Å². The van der Waals surface area contributed by atoms with Crippen molar-refractivity contribution in [1.82, 2.24) is 14.9 Å². The summed E-state index contributed by atoms with van der Waals surface area (Å²) in [4.78, 5) is 25.3. The van der Waals surface area contributed by atoms with E-state index in [1.807, 2.05) is 31.2 Å². The number of carbonyl (C=O) groups is 2. The van der Waals surface area contributed by atoms with E-state index in [2.05, 4.69) is 14.8 Å². The van der Waals surface area contributed by atoms with Gasteiger partial charge in [-0.15, -0.1) is 0 Å². The van der Waals surface area contributed by atoms with Gasteiger partial charge in [0.05, 0.1) is 7.11 Å². The fourth-order valence-electron chi connectivity index (χ4n) is 1.41. The first kappa shape index (κ1) is 16.8. The molecule has 0 radical (unpaired) electrons. The summed E-state index contributed by atoms with van der Waals surface area (Å²) < 4.78 is 7.17. The lowest BCUT2D eigenvalue weighted by Gasteiger charge is -2.20. The zero-order valence-electron chi connectivity index (χ0n) is 12.1. The molecule has 0 fully saturated rings. The maximum absolute atomic E-state index is 12.1. The van der Waals surface area contributed by atoms with Gasteiger partial charge in [-0.3, -0.25) is 10.1 Å². The molecule has 1 rings (SSSR count). The first-order chi connectivity index (χ1) is 10.0. The number of benzene rings is 1. The fourth-order valence-corrected chi connectivity index (χ4v) is 2.08. The van der Waals surface area contributed by atoms with Crippen LogP contribution in [0.2, 0.25) is 0 Å². The van der Waals surface area contributed by atoms with Crippen molar-refractivity contribution in [3.8, 4) is 0 Å². The highest BCUT2D eigenvalue weighted by atomic mass is 32.2. The molecule has 0 spiro atoms. The van der Waals surface area contributed by atoms with Crippen molar-refractivity contribution in [2.45, 2.75) is 18.7 Å². The van der Waals surface area contributed by atoms with E-state index in [9.17, 15) is 9.59 Å². The second kappa shape index (κ2) is 8.15. The molecular formula is C13H18N4O3S. The van der Waals surface area contributed by atoms with Gasteiger partial charge in [0.2, 0.25) is 0 Å². The monoisotopic (exact) mass is 310 g/mol. The SMILES string of the molecule is CCNC(=O)N(C(=N)OC)C(=O)NSc1ccccc1C. The molecule has 8 heteroatoms. The Morgan fingerprint density at radius 3 is 2.57 bits per heavy atom. The number of imide groups is 1. The van der Waals surface area contributed by atoms with Crippen LogP contribution in [0.4, 0.5) is 9.59 Å². The van der Waals surface area contributed by atoms with E-state index in [1.165, 1.54) is 7.11 Å². The molecule has 3 N–H and O–H groups in total. The summed E-state index contributed by atoms with van der Waals surface area (Å²) in [5.74, 6) is 0.